The van der Waals surface area contributed by atoms with Gasteiger partial charge in [0.1, 0.15) is 0 Å². The zero-order valence-electron chi connectivity index (χ0n) is 21.2. The molecule has 0 unspecified atom stereocenters. The Morgan fingerprint density at radius 2 is 0.867 bits per heavy atom. The van der Waals surface area contributed by atoms with E-state index in [-0.39, 0.29) is 7.43 Å². The molecule has 1 aromatic carbocycles. The van der Waals surface area contributed by atoms with Crippen molar-refractivity contribution in [3.8, 4) is 0 Å². The highest BCUT2D eigenvalue weighted by Gasteiger charge is 2.15. The molecule has 176 valence electrons. The van der Waals surface area contributed by atoms with Crippen molar-refractivity contribution in [3.63, 3.8) is 0 Å². The standard InChI is InChI=1S/C29H52.CH4/c1-22(2)11-9-13-28(14-10-12-23(3)4)29-20-26(17-15-24(5)6)19-27(21-29)18-16-25(7)8;/h19-25,28H,9-18H2,1-8H3;1H4. The van der Waals surface area contributed by atoms with E-state index in [1.54, 1.807) is 16.7 Å². The van der Waals surface area contributed by atoms with Crippen LogP contribution in [0.5, 0.6) is 0 Å². The van der Waals surface area contributed by atoms with Crippen molar-refractivity contribution in [2.75, 3.05) is 0 Å². The SMILES string of the molecule is C.CC(C)CCCC(CCCC(C)C)c1cc(CCC(C)C)cc(CCC(C)C)c1. The molecule has 0 spiro atoms. The topological polar surface area (TPSA) is 0 Å². The monoisotopic (exact) mass is 416 g/mol. The summed E-state index contributed by atoms with van der Waals surface area (Å²) >= 11 is 0. The number of benzene rings is 1. The maximum Gasteiger partial charge on any atom is -0.0162 e. The summed E-state index contributed by atoms with van der Waals surface area (Å²) in [6, 6.07) is 7.68. The van der Waals surface area contributed by atoms with Gasteiger partial charge in [0, 0.05) is 0 Å². The first-order chi connectivity index (χ1) is 13.7. The largest absolute Gasteiger partial charge is 0.0776 e. The third-order valence-electron chi connectivity index (χ3n) is 6.24. The fraction of sp³-hybridized carbons (Fsp3) is 0.800. The van der Waals surface area contributed by atoms with Crippen molar-refractivity contribution in [1.82, 2.24) is 0 Å². The lowest BCUT2D eigenvalue weighted by molar-refractivity contribution is 0.451. The second-order valence-corrected chi connectivity index (χ2v) is 11.3. The van der Waals surface area contributed by atoms with Gasteiger partial charge in [0.05, 0.1) is 0 Å². The Morgan fingerprint density at radius 3 is 1.20 bits per heavy atom. The van der Waals surface area contributed by atoms with E-state index in [4.69, 9.17) is 0 Å². The molecule has 0 fully saturated rings. The van der Waals surface area contributed by atoms with E-state index in [9.17, 15) is 0 Å². The van der Waals surface area contributed by atoms with Gasteiger partial charge in [-0.1, -0.05) is 107 Å². The molecule has 0 aliphatic heterocycles. The normalized spacial score (nSPS) is 11.9. The minimum atomic E-state index is 0. The molecule has 0 N–H and O–H groups in total. The van der Waals surface area contributed by atoms with Gasteiger partial charge in [0.15, 0.2) is 0 Å². The Morgan fingerprint density at radius 1 is 0.500 bits per heavy atom. The van der Waals surface area contributed by atoms with Crippen molar-refractivity contribution >= 4 is 0 Å². The molecular weight excluding hydrogens is 360 g/mol. The first kappa shape index (κ1) is 29.2. The lowest BCUT2D eigenvalue weighted by Crippen LogP contribution is -2.05. The number of rotatable bonds is 15. The molecule has 0 radical (unpaired) electrons. The summed E-state index contributed by atoms with van der Waals surface area (Å²) in [7, 11) is 0. The fourth-order valence-electron chi connectivity index (χ4n) is 4.25. The van der Waals surface area contributed by atoms with Crippen molar-refractivity contribution in [1.29, 1.82) is 0 Å². The maximum atomic E-state index is 2.58. The Hall–Kier alpha value is -0.780. The van der Waals surface area contributed by atoms with Crippen LogP contribution in [0.4, 0.5) is 0 Å². The van der Waals surface area contributed by atoms with Crippen molar-refractivity contribution < 1.29 is 0 Å². The summed E-state index contributed by atoms with van der Waals surface area (Å²) in [5, 5.41) is 0. The summed E-state index contributed by atoms with van der Waals surface area (Å²) in [6.45, 7) is 18.9. The zero-order valence-corrected chi connectivity index (χ0v) is 21.2. The average Bonchev–Trinajstić information content (AvgIpc) is 2.62. The molecule has 0 heteroatoms. The van der Waals surface area contributed by atoms with E-state index in [1.807, 2.05) is 0 Å². The van der Waals surface area contributed by atoms with Crippen LogP contribution < -0.4 is 0 Å². The highest BCUT2D eigenvalue weighted by Crippen LogP contribution is 2.31. The van der Waals surface area contributed by atoms with E-state index in [0.717, 1.165) is 29.6 Å². The van der Waals surface area contributed by atoms with E-state index in [0.29, 0.717) is 0 Å². The molecule has 0 heterocycles. The first-order valence-electron chi connectivity index (χ1n) is 12.8. The van der Waals surface area contributed by atoms with E-state index in [2.05, 4.69) is 73.6 Å². The second kappa shape index (κ2) is 15.9. The van der Waals surface area contributed by atoms with E-state index < -0.39 is 0 Å². The van der Waals surface area contributed by atoms with Crippen LogP contribution in [0.3, 0.4) is 0 Å². The smallest absolute Gasteiger partial charge is 0.0162 e. The lowest BCUT2D eigenvalue weighted by atomic mass is 9.84. The molecule has 0 amide bonds. The lowest BCUT2D eigenvalue weighted by Gasteiger charge is -2.21. The highest BCUT2D eigenvalue weighted by molar-refractivity contribution is 5.33. The minimum Gasteiger partial charge on any atom is -0.0776 e. The van der Waals surface area contributed by atoms with Crippen molar-refractivity contribution in [3.05, 3.63) is 34.9 Å². The highest BCUT2D eigenvalue weighted by atomic mass is 14.2. The summed E-state index contributed by atoms with van der Waals surface area (Å²) in [6.07, 6.45) is 13.3. The van der Waals surface area contributed by atoms with Gasteiger partial charge in [-0.3, -0.25) is 0 Å². The quantitative estimate of drug-likeness (QED) is 0.267. The van der Waals surface area contributed by atoms with Gasteiger partial charge in [0.25, 0.3) is 0 Å². The van der Waals surface area contributed by atoms with Gasteiger partial charge in [-0.05, 0) is 84.8 Å². The predicted octanol–water partition coefficient (Wildman–Crippen LogP) is 10.2. The molecule has 0 saturated carbocycles. The average molecular weight is 417 g/mol. The Labute approximate surface area is 191 Å². The van der Waals surface area contributed by atoms with E-state index in [1.165, 1.54) is 64.2 Å². The zero-order chi connectivity index (χ0) is 21.8. The minimum absolute atomic E-state index is 0. The first-order valence-corrected chi connectivity index (χ1v) is 12.8. The van der Waals surface area contributed by atoms with E-state index >= 15 is 0 Å². The van der Waals surface area contributed by atoms with Gasteiger partial charge in [-0.2, -0.15) is 0 Å². The Kier molecular flexibility index (Phi) is 15.5. The third-order valence-corrected chi connectivity index (χ3v) is 6.24. The molecule has 0 aliphatic rings. The molecule has 0 saturated heterocycles. The van der Waals surface area contributed by atoms with Crippen LogP contribution in [-0.4, -0.2) is 0 Å². The van der Waals surface area contributed by atoms with Gasteiger partial charge in [0.2, 0.25) is 0 Å². The van der Waals surface area contributed by atoms with Crippen LogP contribution in [0, 0.1) is 23.7 Å². The molecule has 1 rings (SSSR count). The second-order valence-electron chi connectivity index (χ2n) is 11.3. The fourth-order valence-corrected chi connectivity index (χ4v) is 4.25. The van der Waals surface area contributed by atoms with Crippen LogP contribution >= 0.6 is 0 Å². The molecule has 1 aromatic rings. The molecule has 0 atom stereocenters. The van der Waals surface area contributed by atoms with Crippen LogP contribution in [0.2, 0.25) is 0 Å². The van der Waals surface area contributed by atoms with Crippen molar-refractivity contribution in [2.45, 2.75) is 133 Å². The van der Waals surface area contributed by atoms with Gasteiger partial charge in [-0.25, -0.2) is 0 Å². The number of aryl methyl sites for hydroxylation is 2. The summed E-state index contributed by atoms with van der Waals surface area (Å²) in [4.78, 5) is 0. The molecule has 0 aliphatic carbocycles. The number of hydrogen-bond acceptors (Lipinski definition) is 0. The van der Waals surface area contributed by atoms with Crippen LogP contribution in [-0.2, 0) is 12.8 Å². The molecular formula is C30H56. The molecule has 30 heavy (non-hydrogen) atoms. The Balaban J connectivity index is 0.00000841. The predicted molar refractivity (Wildman–Crippen MR) is 140 cm³/mol. The Bertz CT molecular complexity index is 491. The summed E-state index contributed by atoms with van der Waals surface area (Å²) in [5.41, 5.74) is 4.83. The summed E-state index contributed by atoms with van der Waals surface area (Å²) in [5.74, 6) is 3.97. The van der Waals surface area contributed by atoms with Crippen molar-refractivity contribution in [2.24, 2.45) is 23.7 Å². The van der Waals surface area contributed by atoms with Gasteiger partial charge in [-0.15, -0.1) is 0 Å². The third kappa shape index (κ3) is 13.5. The maximum absolute atomic E-state index is 2.58. The van der Waals surface area contributed by atoms with Crippen LogP contribution in [0.15, 0.2) is 18.2 Å². The molecule has 0 aromatic heterocycles. The molecule has 0 nitrogen and oxygen atoms in total. The number of hydrogen-bond donors (Lipinski definition) is 0. The van der Waals surface area contributed by atoms with Crippen LogP contribution in [0.1, 0.15) is 137 Å². The summed E-state index contributed by atoms with van der Waals surface area (Å²) < 4.78 is 0. The van der Waals surface area contributed by atoms with Crippen LogP contribution in [0.25, 0.3) is 0 Å². The van der Waals surface area contributed by atoms with Gasteiger partial charge >= 0.3 is 0 Å². The molecule has 0 bridgehead atoms. The van der Waals surface area contributed by atoms with Gasteiger partial charge < -0.3 is 0 Å².